The molecule has 3 atom stereocenters. The topological polar surface area (TPSA) is 88.6 Å². The molecule has 3 heterocycles. The maximum absolute atomic E-state index is 13.3. The van der Waals surface area contributed by atoms with Crippen LogP contribution >= 0.6 is 11.3 Å². The zero-order valence-corrected chi connectivity index (χ0v) is 17.7. The van der Waals surface area contributed by atoms with Crippen molar-refractivity contribution < 1.29 is 17.9 Å². The van der Waals surface area contributed by atoms with Crippen molar-refractivity contribution in [3.05, 3.63) is 48.7 Å². The Bertz CT molecular complexity index is 1020. The van der Waals surface area contributed by atoms with E-state index >= 15 is 0 Å². The Hall–Kier alpha value is -2.07. The molecule has 4 rings (SSSR count). The van der Waals surface area contributed by atoms with Crippen LogP contribution in [0.5, 0.6) is 0 Å². The lowest BCUT2D eigenvalue weighted by molar-refractivity contribution is -0.120. The standard InChI is InChI=1S/C20H23N3O4S2/c1-3-17(24)22-18-11-15-9-10-23(12-16(15)27-18)29(25,26)20-13(2)21-19(28-20)14-7-5-4-6-8-14/h3-8,15-16,18H,1,9-12H2,2H3,(H,22,24). The summed E-state index contributed by atoms with van der Waals surface area (Å²) >= 11 is 1.20. The molecule has 2 aliphatic rings. The summed E-state index contributed by atoms with van der Waals surface area (Å²) in [6.45, 7) is 5.90. The van der Waals surface area contributed by atoms with Crippen molar-refractivity contribution in [2.45, 2.75) is 36.3 Å². The highest BCUT2D eigenvalue weighted by molar-refractivity contribution is 7.91. The third kappa shape index (κ3) is 4.00. The van der Waals surface area contributed by atoms with Crippen LogP contribution < -0.4 is 5.32 Å². The van der Waals surface area contributed by atoms with Crippen LogP contribution in [0.1, 0.15) is 18.5 Å². The smallest absolute Gasteiger partial charge is 0.254 e. The lowest BCUT2D eigenvalue weighted by atomic mass is 9.94. The number of rotatable bonds is 5. The van der Waals surface area contributed by atoms with E-state index in [0.29, 0.717) is 30.1 Å². The molecule has 154 valence electrons. The highest BCUT2D eigenvalue weighted by Gasteiger charge is 2.43. The van der Waals surface area contributed by atoms with Gasteiger partial charge < -0.3 is 10.1 Å². The van der Waals surface area contributed by atoms with Crippen molar-refractivity contribution in [3.63, 3.8) is 0 Å². The second-order valence-corrected chi connectivity index (χ2v) is 10.4. The van der Waals surface area contributed by atoms with Crippen LogP contribution in [0, 0.1) is 12.8 Å². The van der Waals surface area contributed by atoms with E-state index in [2.05, 4.69) is 16.9 Å². The van der Waals surface area contributed by atoms with Gasteiger partial charge in [0.05, 0.1) is 11.8 Å². The van der Waals surface area contributed by atoms with Crippen LogP contribution in [-0.2, 0) is 19.6 Å². The molecule has 1 amide bonds. The predicted octanol–water partition coefficient (Wildman–Crippen LogP) is 2.55. The lowest BCUT2D eigenvalue weighted by Crippen LogP contribution is -2.45. The Labute approximate surface area is 174 Å². The van der Waals surface area contributed by atoms with Crippen molar-refractivity contribution in [1.29, 1.82) is 0 Å². The summed E-state index contributed by atoms with van der Waals surface area (Å²) in [4.78, 5) is 16.0. The molecule has 1 aromatic heterocycles. The normalized spacial score (nSPS) is 24.8. The number of sulfonamides is 1. The fourth-order valence-electron chi connectivity index (χ4n) is 3.87. The van der Waals surface area contributed by atoms with Gasteiger partial charge in [-0.1, -0.05) is 36.9 Å². The van der Waals surface area contributed by atoms with Crippen LogP contribution in [0.25, 0.3) is 10.6 Å². The minimum absolute atomic E-state index is 0.226. The molecule has 7 nitrogen and oxygen atoms in total. The first kappa shape index (κ1) is 20.2. The number of hydrogen-bond donors (Lipinski definition) is 1. The molecule has 0 spiro atoms. The summed E-state index contributed by atoms with van der Waals surface area (Å²) in [6.07, 6.45) is 1.98. The number of piperidine rings is 1. The Balaban J connectivity index is 1.51. The van der Waals surface area contributed by atoms with Gasteiger partial charge in [0.1, 0.15) is 11.2 Å². The van der Waals surface area contributed by atoms with Gasteiger partial charge in [0.2, 0.25) is 5.91 Å². The van der Waals surface area contributed by atoms with Gasteiger partial charge in [0, 0.05) is 18.7 Å². The number of carbonyl (C=O) groups excluding carboxylic acids is 1. The maximum Gasteiger partial charge on any atom is 0.254 e. The lowest BCUT2D eigenvalue weighted by Gasteiger charge is -2.32. The molecule has 2 saturated heterocycles. The zero-order valence-electron chi connectivity index (χ0n) is 16.1. The van der Waals surface area contributed by atoms with Crippen LogP contribution in [0.15, 0.2) is 47.2 Å². The maximum atomic E-state index is 13.3. The first-order valence-corrected chi connectivity index (χ1v) is 11.8. The Morgan fingerprint density at radius 3 is 2.86 bits per heavy atom. The molecular formula is C20H23N3O4S2. The number of fused-ring (bicyclic) bond motifs is 1. The third-order valence-corrected chi connectivity index (χ3v) is 9.01. The molecule has 0 radical (unpaired) electrons. The number of hydrogen-bond acceptors (Lipinski definition) is 6. The van der Waals surface area contributed by atoms with Crippen LogP contribution in [-0.4, -0.2) is 49.0 Å². The van der Waals surface area contributed by atoms with Gasteiger partial charge in [-0.15, -0.1) is 11.3 Å². The largest absolute Gasteiger partial charge is 0.354 e. The number of aromatic nitrogens is 1. The molecule has 1 aromatic carbocycles. The fourth-order valence-corrected chi connectivity index (χ4v) is 7.00. The Morgan fingerprint density at radius 1 is 1.38 bits per heavy atom. The number of carbonyl (C=O) groups is 1. The number of nitrogens with one attached hydrogen (secondary N) is 1. The average Bonchev–Trinajstić information content (AvgIpc) is 3.31. The van der Waals surface area contributed by atoms with Crippen molar-refractivity contribution >= 4 is 27.3 Å². The molecule has 1 N–H and O–H groups in total. The first-order chi connectivity index (χ1) is 13.9. The molecule has 0 saturated carbocycles. The van der Waals surface area contributed by atoms with Crippen molar-refractivity contribution in [1.82, 2.24) is 14.6 Å². The quantitative estimate of drug-likeness (QED) is 0.732. The Morgan fingerprint density at radius 2 is 2.14 bits per heavy atom. The second-order valence-electron chi connectivity index (χ2n) is 7.28. The molecule has 2 fully saturated rings. The molecule has 3 unspecified atom stereocenters. The SMILES string of the molecule is C=CC(=O)NC1CC2CCN(S(=O)(=O)c3sc(-c4ccccc4)nc3C)CC2O1. The summed E-state index contributed by atoms with van der Waals surface area (Å²) < 4.78 is 34.3. The van der Waals surface area contributed by atoms with E-state index in [-0.39, 0.29) is 28.7 Å². The van der Waals surface area contributed by atoms with E-state index < -0.39 is 16.3 Å². The molecular weight excluding hydrogens is 410 g/mol. The second kappa shape index (κ2) is 7.98. The fraction of sp³-hybridized carbons (Fsp3) is 0.400. The van der Waals surface area contributed by atoms with Gasteiger partial charge in [-0.25, -0.2) is 13.4 Å². The molecule has 2 aliphatic heterocycles. The number of thiazole rings is 1. The molecule has 2 aromatic rings. The predicted molar refractivity (Wildman–Crippen MR) is 111 cm³/mol. The van der Waals surface area contributed by atoms with Crippen molar-refractivity contribution in [3.8, 4) is 10.6 Å². The monoisotopic (exact) mass is 433 g/mol. The summed E-state index contributed by atoms with van der Waals surface area (Å²) in [5.74, 6) is -0.0501. The molecule has 29 heavy (non-hydrogen) atoms. The van der Waals surface area contributed by atoms with E-state index in [0.717, 1.165) is 5.56 Å². The number of amides is 1. The van der Waals surface area contributed by atoms with Crippen molar-refractivity contribution in [2.24, 2.45) is 5.92 Å². The van der Waals surface area contributed by atoms with Gasteiger partial charge in [-0.3, -0.25) is 4.79 Å². The first-order valence-electron chi connectivity index (χ1n) is 9.50. The van der Waals surface area contributed by atoms with E-state index in [1.54, 1.807) is 6.92 Å². The molecule has 9 heteroatoms. The highest BCUT2D eigenvalue weighted by Crippen LogP contribution is 2.37. The number of benzene rings is 1. The number of nitrogens with zero attached hydrogens (tertiary/aromatic N) is 2. The Kier molecular flexibility index (Phi) is 5.56. The average molecular weight is 434 g/mol. The van der Waals surface area contributed by atoms with Crippen LogP contribution in [0.2, 0.25) is 0 Å². The van der Waals surface area contributed by atoms with Gasteiger partial charge >= 0.3 is 0 Å². The van der Waals surface area contributed by atoms with Crippen LogP contribution in [0.3, 0.4) is 0 Å². The van der Waals surface area contributed by atoms with Gasteiger partial charge in [-0.2, -0.15) is 4.31 Å². The molecule has 0 aliphatic carbocycles. The minimum atomic E-state index is -3.66. The highest BCUT2D eigenvalue weighted by atomic mass is 32.2. The van der Waals surface area contributed by atoms with E-state index in [4.69, 9.17) is 4.74 Å². The van der Waals surface area contributed by atoms with E-state index in [9.17, 15) is 13.2 Å². The van der Waals surface area contributed by atoms with E-state index in [1.165, 1.54) is 21.7 Å². The summed E-state index contributed by atoms with van der Waals surface area (Å²) in [5, 5.41) is 3.44. The number of aryl methyl sites for hydroxylation is 1. The van der Waals surface area contributed by atoms with Gasteiger partial charge in [0.15, 0.2) is 4.21 Å². The van der Waals surface area contributed by atoms with Crippen molar-refractivity contribution in [2.75, 3.05) is 13.1 Å². The summed E-state index contributed by atoms with van der Waals surface area (Å²) in [7, 11) is -3.66. The number of ether oxygens (including phenoxy) is 1. The third-order valence-electron chi connectivity index (χ3n) is 5.35. The van der Waals surface area contributed by atoms with Gasteiger partial charge in [-0.05, 0) is 31.8 Å². The van der Waals surface area contributed by atoms with Gasteiger partial charge in [0.25, 0.3) is 10.0 Å². The van der Waals surface area contributed by atoms with Crippen LogP contribution in [0.4, 0.5) is 0 Å². The molecule has 0 bridgehead atoms. The summed E-state index contributed by atoms with van der Waals surface area (Å²) in [5.41, 5.74) is 1.42. The minimum Gasteiger partial charge on any atom is -0.354 e. The zero-order chi connectivity index (χ0) is 20.6. The summed E-state index contributed by atoms with van der Waals surface area (Å²) in [6, 6.07) is 9.57. The van der Waals surface area contributed by atoms with E-state index in [1.807, 2.05) is 30.3 Å².